The highest BCUT2D eigenvalue weighted by atomic mass is 16.4. The molecule has 6 heteroatoms. The number of aliphatic carboxylic acids is 1. The van der Waals surface area contributed by atoms with Gasteiger partial charge in [-0.1, -0.05) is 19.9 Å². The topological polar surface area (TPSA) is 88.4 Å². The molecule has 1 atom stereocenters. The number of amides is 1. The highest BCUT2D eigenvalue weighted by Crippen LogP contribution is 2.18. The molecule has 0 fully saturated rings. The van der Waals surface area contributed by atoms with Gasteiger partial charge in [-0.25, -0.2) is 4.79 Å². The second kappa shape index (κ2) is 6.56. The van der Waals surface area contributed by atoms with Crippen molar-refractivity contribution >= 4 is 11.9 Å². The van der Waals surface area contributed by atoms with Gasteiger partial charge in [-0.3, -0.25) is 9.59 Å². The summed E-state index contributed by atoms with van der Waals surface area (Å²) in [5.41, 5.74) is -1.09. The molecule has 0 aliphatic carbocycles. The lowest BCUT2D eigenvalue weighted by Crippen LogP contribution is -2.50. The van der Waals surface area contributed by atoms with Gasteiger partial charge in [0.1, 0.15) is 6.04 Å². The molecule has 1 rings (SSSR count). The standard InChI is InChI=1S/C15H22N2O4/c1-10(2)12(13(19)20)16-14(21)15(3,4)9-17-8-6-5-7-11(17)18/h5-8,10,12H,9H2,1-4H3,(H,16,21)(H,19,20). The van der Waals surface area contributed by atoms with Crippen LogP contribution >= 0.6 is 0 Å². The second-order valence-corrected chi connectivity index (χ2v) is 6.08. The van der Waals surface area contributed by atoms with Crippen LogP contribution in [0, 0.1) is 11.3 Å². The Morgan fingerprint density at radius 3 is 2.43 bits per heavy atom. The van der Waals surface area contributed by atoms with E-state index in [1.54, 1.807) is 46.0 Å². The van der Waals surface area contributed by atoms with E-state index < -0.39 is 17.4 Å². The first-order valence-electron chi connectivity index (χ1n) is 6.84. The van der Waals surface area contributed by atoms with Crippen LogP contribution in [0.3, 0.4) is 0 Å². The number of nitrogens with zero attached hydrogens (tertiary/aromatic N) is 1. The molecule has 1 unspecified atom stereocenters. The van der Waals surface area contributed by atoms with Gasteiger partial charge in [0.2, 0.25) is 5.91 Å². The van der Waals surface area contributed by atoms with E-state index >= 15 is 0 Å². The third kappa shape index (κ3) is 4.44. The first-order valence-corrected chi connectivity index (χ1v) is 6.84. The summed E-state index contributed by atoms with van der Waals surface area (Å²) >= 11 is 0. The summed E-state index contributed by atoms with van der Waals surface area (Å²) in [5.74, 6) is -1.67. The Balaban J connectivity index is 2.87. The number of pyridine rings is 1. The Kier molecular flexibility index (Phi) is 5.29. The number of carboxylic acids is 1. The van der Waals surface area contributed by atoms with Crippen molar-refractivity contribution in [1.29, 1.82) is 0 Å². The maximum Gasteiger partial charge on any atom is 0.326 e. The summed E-state index contributed by atoms with van der Waals surface area (Å²) in [7, 11) is 0. The molecule has 0 saturated heterocycles. The van der Waals surface area contributed by atoms with E-state index in [1.807, 2.05) is 0 Å². The summed E-state index contributed by atoms with van der Waals surface area (Å²) < 4.78 is 1.44. The summed E-state index contributed by atoms with van der Waals surface area (Å²) in [6, 6.07) is 3.82. The lowest BCUT2D eigenvalue weighted by atomic mass is 9.90. The lowest BCUT2D eigenvalue weighted by Gasteiger charge is -2.27. The number of aromatic nitrogens is 1. The number of carbonyl (C=O) groups is 2. The van der Waals surface area contributed by atoms with Crippen LogP contribution < -0.4 is 10.9 Å². The van der Waals surface area contributed by atoms with Gasteiger partial charge in [0.05, 0.1) is 5.41 Å². The predicted octanol–water partition coefficient (Wildman–Crippen LogP) is 1.10. The van der Waals surface area contributed by atoms with Crippen molar-refractivity contribution in [2.45, 2.75) is 40.3 Å². The molecule has 21 heavy (non-hydrogen) atoms. The van der Waals surface area contributed by atoms with Crippen LogP contribution in [-0.4, -0.2) is 27.6 Å². The van der Waals surface area contributed by atoms with Crippen LogP contribution in [0.5, 0.6) is 0 Å². The van der Waals surface area contributed by atoms with Crippen LogP contribution in [0.4, 0.5) is 0 Å². The van der Waals surface area contributed by atoms with Gasteiger partial charge in [0.25, 0.3) is 5.56 Å². The molecular weight excluding hydrogens is 272 g/mol. The van der Waals surface area contributed by atoms with Crippen molar-refractivity contribution in [3.8, 4) is 0 Å². The van der Waals surface area contributed by atoms with E-state index in [-0.39, 0.29) is 23.9 Å². The monoisotopic (exact) mass is 294 g/mol. The fraction of sp³-hybridized carbons (Fsp3) is 0.533. The van der Waals surface area contributed by atoms with E-state index in [2.05, 4.69) is 5.32 Å². The summed E-state index contributed by atoms with van der Waals surface area (Å²) in [6.07, 6.45) is 1.61. The SMILES string of the molecule is CC(C)C(NC(=O)C(C)(C)Cn1ccccc1=O)C(=O)O. The van der Waals surface area contributed by atoms with Crippen LogP contribution in [0.25, 0.3) is 0 Å². The Labute approximate surface area is 123 Å². The maximum absolute atomic E-state index is 12.3. The van der Waals surface area contributed by atoms with Crippen molar-refractivity contribution in [2.24, 2.45) is 11.3 Å². The Bertz CT molecular complexity index is 575. The van der Waals surface area contributed by atoms with Gasteiger partial charge >= 0.3 is 5.97 Å². The van der Waals surface area contributed by atoms with E-state index in [0.717, 1.165) is 0 Å². The summed E-state index contributed by atoms with van der Waals surface area (Å²) in [5, 5.41) is 11.7. The van der Waals surface area contributed by atoms with Gasteiger partial charge in [0, 0.05) is 18.8 Å². The molecule has 0 spiro atoms. The van der Waals surface area contributed by atoms with E-state index in [9.17, 15) is 14.4 Å². The fourth-order valence-corrected chi connectivity index (χ4v) is 1.94. The zero-order valence-corrected chi connectivity index (χ0v) is 12.8. The Morgan fingerprint density at radius 2 is 1.95 bits per heavy atom. The zero-order valence-electron chi connectivity index (χ0n) is 12.8. The van der Waals surface area contributed by atoms with Crippen molar-refractivity contribution in [3.05, 3.63) is 34.7 Å². The van der Waals surface area contributed by atoms with Gasteiger partial charge in [-0.2, -0.15) is 0 Å². The van der Waals surface area contributed by atoms with Crippen LogP contribution in [-0.2, 0) is 16.1 Å². The minimum atomic E-state index is -1.06. The highest BCUT2D eigenvalue weighted by Gasteiger charge is 2.33. The summed E-state index contributed by atoms with van der Waals surface area (Å²) in [6.45, 7) is 7.01. The largest absolute Gasteiger partial charge is 0.480 e. The number of hydrogen-bond acceptors (Lipinski definition) is 3. The molecule has 116 valence electrons. The first-order chi connectivity index (χ1) is 9.65. The van der Waals surface area contributed by atoms with Gasteiger partial charge in [0.15, 0.2) is 0 Å². The first kappa shape index (κ1) is 16.9. The smallest absolute Gasteiger partial charge is 0.326 e. The lowest BCUT2D eigenvalue weighted by molar-refractivity contribution is -0.145. The molecule has 0 saturated carbocycles. The quantitative estimate of drug-likeness (QED) is 0.822. The molecule has 0 radical (unpaired) electrons. The zero-order chi connectivity index (χ0) is 16.2. The minimum absolute atomic E-state index is 0.183. The van der Waals surface area contributed by atoms with E-state index in [4.69, 9.17) is 5.11 Å². The van der Waals surface area contributed by atoms with Crippen molar-refractivity contribution < 1.29 is 14.7 Å². The molecule has 0 bridgehead atoms. The third-order valence-corrected chi connectivity index (χ3v) is 3.30. The molecule has 2 N–H and O–H groups in total. The number of carboxylic acid groups (broad SMARTS) is 1. The Morgan fingerprint density at radius 1 is 1.33 bits per heavy atom. The van der Waals surface area contributed by atoms with Crippen LogP contribution in [0.2, 0.25) is 0 Å². The maximum atomic E-state index is 12.3. The minimum Gasteiger partial charge on any atom is -0.480 e. The number of nitrogens with one attached hydrogen (secondary N) is 1. The van der Waals surface area contributed by atoms with Crippen LogP contribution in [0.15, 0.2) is 29.2 Å². The normalized spacial score (nSPS) is 13.0. The number of hydrogen-bond donors (Lipinski definition) is 2. The average Bonchev–Trinajstić information content (AvgIpc) is 2.37. The molecule has 0 aliphatic rings. The number of rotatable bonds is 6. The number of carbonyl (C=O) groups excluding carboxylic acids is 1. The van der Waals surface area contributed by atoms with Gasteiger partial charge in [-0.05, 0) is 25.8 Å². The molecule has 0 aliphatic heterocycles. The second-order valence-electron chi connectivity index (χ2n) is 6.08. The van der Waals surface area contributed by atoms with E-state index in [0.29, 0.717) is 0 Å². The van der Waals surface area contributed by atoms with Crippen molar-refractivity contribution in [2.75, 3.05) is 0 Å². The highest BCUT2D eigenvalue weighted by molar-refractivity contribution is 5.87. The molecule has 1 amide bonds. The van der Waals surface area contributed by atoms with Gasteiger partial charge < -0.3 is 15.0 Å². The van der Waals surface area contributed by atoms with E-state index in [1.165, 1.54) is 10.6 Å². The summed E-state index contributed by atoms with van der Waals surface area (Å²) in [4.78, 5) is 35.2. The molecule has 0 aromatic carbocycles. The van der Waals surface area contributed by atoms with Gasteiger partial charge in [-0.15, -0.1) is 0 Å². The molecule has 1 heterocycles. The predicted molar refractivity (Wildman–Crippen MR) is 78.9 cm³/mol. The average molecular weight is 294 g/mol. The molecule has 1 aromatic rings. The fourth-order valence-electron chi connectivity index (χ4n) is 1.94. The van der Waals surface area contributed by atoms with Crippen molar-refractivity contribution in [1.82, 2.24) is 9.88 Å². The van der Waals surface area contributed by atoms with Crippen molar-refractivity contribution in [3.63, 3.8) is 0 Å². The molecule has 6 nitrogen and oxygen atoms in total. The third-order valence-electron chi connectivity index (χ3n) is 3.30. The molecule has 1 aromatic heterocycles. The van der Waals surface area contributed by atoms with Crippen LogP contribution in [0.1, 0.15) is 27.7 Å². The Hall–Kier alpha value is -2.11. The molecular formula is C15H22N2O4.